The van der Waals surface area contributed by atoms with Gasteiger partial charge in [-0.2, -0.15) is 4.99 Å². The second-order valence-electron chi connectivity index (χ2n) is 6.51. The number of urea groups is 1. The Balaban J connectivity index is 1.46. The van der Waals surface area contributed by atoms with E-state index in [9.17, 15) is 9.18 Å². The number of nitrogens with zero attached hydrogens (tertiary/aromatic N) is 5. The third-order valence-electron chi connectivity index (χ3n) is 4.62. The van der Waals surface area contributed by atoms with Crippen molar-refractivity contribution in [3.63, 3.8) is 0 Å². The second kappa shape index (κ2) is 7.14. The van der Waals surface area contributed by atoms with Crippen molar-refractivity contribution in [2.75, 3.05) is 29.4 Å². The van der Waals surface area contributed by atoms with Gasteiger partial charge in [-0.05, 0) is 36.8 Å². The first-order valence-corrected chi connectivity index (χ1v) is 8.72. The van der Waals surface area contributed by atoms with Gasteiger partial charge in [0.05, 0.1) is 18.8 Å². The number of pyridine rings is 2. The molecule has 0 unspecified atom stereocenters. The highest BCUT2D eigenvalue weighted by Gasteiger charge is 2.24. The lowest BCUT2D eigenvalue weighted by molar-refractivity contribution is 0.256. The number of amides is 2. The zero-order chi connectivity index (χ0) is 18.8. The average Bonchev–Trinajstić information content (AvgIpc) is 3.28. The van der Waals surface area contributed by atoms with Gasteiger partial charge in [-0.3, -0.25) is 9.88 Å². The number of alkyl halides is 1. The number of nitrogens with two attached hydrogens (primary N) is 1. The van der Waals surface area contributed by atoms with Crippen LogP contribution in [0, 0.1) is 0 Å². The molecule has 2 aromatic heterocycles. The Kier molecular flexibility index (Phi) is 4.53. The topological polar surface area (TPSA) is 87.7 Å². The van der Waals surface area contributed by atoms with Gasteiger partial charge in [0.1, 0.15) is 12.0 Å². The smallest absolute Gasteiger partial charge is 0.348 e. The Hall–Kier alpha value is -3.29. The van der Waals surface area contributed by atoms with Crippen molar-refractivity contribution in [1.82, 2.24) is 9.97 Å². The Morgan fingerprint density at radius 3 is 2.74 bits per heavy atom. The van der Waals surface area contributed by atoms with Crippen LogP contribution in [0.15, 0.2) is 53.9 Å². The number of halogens is 1. The molecule has 2 aromatic rings. The zero-order valence-corrected chi connectivity index (χ0v) is 14.6. The lowest BCUT2D eigenvalue weighted by Gasteiger charge is -2.16. The number of aliphatic imine (C=N–C) groups is 1. The standard InChI is InChI=1S/C19H19FN6O/c20-14-5-8-25(11-14)18-2-1-13(10-23-18)17(21)9-15-12-26(19(27)24-15)16-3-6-22-7-4-16/h1-4,6-7,9-10,14H,5,8,11-12,21H2/b17-9-/t14-/m0/s1. The summed E-state index contributed by atoms with van der Waals surface area (Å²) >= 11 is 0. The molecule has 4 rings (SSSR count). The maximum Gasteiger partial charge on any atom is 0.348 e. The molecule has 0 radical (unpaired) electrons. The first-order valence-electron chi connectivity index (χ1n) is 8.72. The van der Waals surface area contributed by atoms with Crippen molar-refractivity contribution in [3.05, 3.63) is 54.5 Å². The highest BCUT2D eigenvalue weighted by Crippen LogP contribution is 2.22. The van der Waals surface area contributed by atoms with E-state index in [2.05, 4.69) is 15.0 Å². The Morgan fingerprint density at radius 2 is 2.07 bits per heavy atom. The molecule has 27 heavy (non-hydrogen) atoms. The molecular formula is C19H19FN6O. The third-order valence-corrected chi connectivity index (χ3v) is 4.62. The molecule has 0 bridgehead atoms. The van der Waals surface area contributed by atoms with Crippen molar-refractivity contribution < 1.29 is 9.18 Å². The van der Waals surface area contributed by atoms with E-state index in [-0.39, 0.29) is 6.03 Å². The zero-order valence-electron chi connectivity index (χ0n) is 14.6. The van der Waals surface area contributed by atoms with Gasteiger partial charge in [0, 0.05) is 42.1 Å². The van der Waals surface area contributed by atoms with Crippen LogP contribution in [0.2, 0.25) is 0 Å². The van der Waals surface area contributed by atoms with Crippen LogP contribution in [0.3, 0.4) is 0 Å². The number of rotatable bonds is 4. The minimum atomic E-state index is -0.794. The van der Waals surface area contributed by atoms with Gasteiger partial charge in [-0.15, -0.1) is 0 Å². The van der Waals surface area contributed by atoms with E-state index in [1.807, 2.05) is 17.0 Å². The monoisotopic (exact) mass is 366 g/mol. The minimum Gasteiger partial charge on any atom is -0.398 e. The summed E-state index contributed by atoms with van der Waals surface area (Å²) in [5, 5.41) is 0. The number of carbonyl (C=O) groups excluding carboxylic acids is 1. The van der Waals surface area contributed by atoms with Crippen LogP contribution >= 0.6 is 0 Å². The maximum absolute atomic E-state index is 13.3. The molecule has 2 aliphatic heterocycles. The molecule has 0 aromatic carbocycles. The quantitative estimate of drug-likeness (QED) is 0.898. The van der Waals surface area contributed by atoms with Crippen molar-refractivity contribution >= 4 is 28.9 Å². The summed E-state index contributed by atoms with van der Waals surface area (Å²) in [6, 6.07) is 6.86. The fourth-order valence-electron chi connectivity index (χ4n) is 3.18. The van der Waals surface area contributed by atoms with Gasteiger partial charge in [0.15, 0.2) is 0 Å². The number of hydrogen-bond donors (Lipinski definition) is 1. The Labute approximate surface area is 156 Å². The lowest BCUT2D eigenvalue weighted by Crippen LogP contribution is -2.25. The molecule has 0 saturated carbocycles. The predicted molar refractivity (Wildman–Crippen MR) is 103 cm³/mol. The largest absolute Gasteiger partial charge is 0.398 e. The first-order chi connectivity index (χ1) is 13.1. The number of anilines is 2. The van der Waals surface area contributed by atoms with Crippen molar-refractivity contribution in [3.8, 4) is 0 Å². The number of carbonyl (C=O) groups is 1. The molecule has 2 aliphatic rings. The summed E-state index contributed by atoms with van der Waals surface area (Å²) in [6.07, 6.45) is 6.34. The van der Waals surface area contributed by atoms with Crippen molar-refractivity contribution in [2.45, 2.75) is 12.6 Å². The molecule has 1 fully saturated rings. The van der Waals surface area contributed by atoms with Gasteiger partial charge >= 0.3 is 6.03 Å². The minimum absolute atomic E-state index is 0.330. The molecular weight excluding hydrogens is 347 g/mol. The Morgan fingerprint density at radius 1 is 1.26 bits per heavy atom. The van der Waals surface area contributed by atoms with E-state index < -0.39 is 6.17 Å². The van der Waals surface area contributed by atoms with Crippen molar-refractivity contribution in [1.29, 1.82) is 0 Å². The molecule has 0 aliphatic carbocycles. The maximum atomic E-state index is 13.3. The first kappa shape index (κ1) is 17.1. The van der Waals surface area contributed by atoms with Crippen LogP contribution < -0.4 is 15.5 Å². The van der Waals surface area contributed by atoms with E-state index in [1.54, 1.807) is 41.7 Å². The predicted octanol–water partition coefficient (Wildman–Crippen LogP) is 2.41. The van der Waals surface area contributed by atoms with Crippen LogP contribution in [0.1, 0.15) is 12.0 Å². The normalized spacial score (nSPS) is 20.3. The van der Waals surface area contributed by atoms with Crippen LogP contribution in [0.4, 0.5) is 20.7 Å². The second-order valence-corrected chi connectivity index (χ2v) is 6.51. The third kappa shape index (κ3) is 3.64. The summed E-state index contributed by atoms with van der Waals surface area (Å²) in [4.78, 5) is 28.0. The summed E-state index contributed by atoms with van der Waals surface area (Å²) < 4.78 is 13.3. The Bertz CT molecular complexity index is 896. The van der Waals surface area contributed by atoms with Crippen LogP contribution in [0.25, 0.3) is 5.70 Å². The molecule has 1 saturated heterocycles. The van der Waals surface area contributed by atoms with Gasteiger partial charge in [0.2, 0.25) is 0 Å². The van der Waals surface area contributed by atoms with E-state index in [1.165, 1.54) is 0 Å². The molecule has 1 atom stereocenters. The van der Waals surface area contributed by atoms with Gasteiger partial charge in [-0.25, -0.2) is 14.2 Å². The summed E-state index contributed by atoms with van der Waals surface area (Å²) in [5.41, 5.74) is 8.68. The summed E-state index contributed by atoms with van der Waals surface area (Å²) in [7, 11) is 0. The van der Waals surface area contributed by atoms with Crippen LogP contribution in [-0.4, -0.2) is 47.5 Å². The number of aromatic nitrogens is 2. The molecule has 2 N–H and O–H groups in total. The average molecular weight is 366 g/mol. The van der Waals surface area contributed by atoms with E-state index >= 15 is 0 Å². The summed E-state index contributed by atoms with van der Waals surface area (Å²) in [6.45, 7) is 1.39. The van der Waals surface area contributed by atoms with Gasteiger partial charge in [0.25, 0.3) is 0 Å². The SMILES string of the molecule is N/C(=C\C1=NC(=O)N(c2ccncc2)C1)c1ccc(N2CC[C@H](F)C2)nc1. The van der Waals surface area contributed by atoms with E-state index in [0.29, 0.717) is 37.5 Å². The fourth-order valence-corrected chi connectivity index (χ4v) is 3.18. The molecule has 0 spiro atoms. The van der Waals surface area contributed by atoms with Gasteiger partial charge < -0.3 is 10.6 Å². The molecule has 138 valence electrons. The van der Waals surface area contributed by atoms with Crippen LogP contribution in [-0.2, 0) is 0 Å². The summed E-state index contributed by atoms with van der Waals surface area (Å²) in [5.74, 6) is 0.740. The lowest BCUT2D eigenvalue weighted by atomic mass is 10.1. The van der Waals surface area contributed by atoms with E-state index in [0.717, 1.165) is 17.1 Å². The number of hydrogen-bond acceptors (Lipinski definition) is 5. The van der Waals surface area contributed by atoms with Crippen molar-refractivity contribution in [2.24, 2.45) is 10.7 Å². The molecule has 7 nitrogen and oxygen atoms in total. The fraction of sp³-hybridized carbons (Fsp3) is 0.263. The molecule has 2 amide bonds. The highest BCUT2D eigenvalue weighted by molar-refractivity contribution is 6.17. The molecule has 8 heteroatoms. The van der Waals surface area contributed by atoms with Crippen LogP contribution in [0.5, 0.6) is 0 Å². The highest BCUT2D eigenvalue weighted by atomic mass is 19.1. The van der Waals surface area contributed by atoms with Gasteiger partial charge in [-0.1, -0.05) is 0 Å². The molecule has 4 heterocycles. The van der Waals surface area contributed by atoms with E-state index in [4.69, 9.17) is 5.73 Å².